The molecule has 6 heteroatoms. The van der Waals surface area contributed by atoms with Crippen LogP contribution in [0.1, 0.15) is 252 Å². The largest absolute Gasteiger partial charge is 0.462 e. The van der Waals surface area contributed by atoms with E-state index in [4.69, 9.17) is 14.2 Å². The number of hydrogen-bond acceptors (Lipinski definition) is 6. The van der Waals surface area contributed by atoms with Gasteiger partial charge in [-0.05, 0) is 161 Å². The van der Waals surface area contributed by atoms with E-state index in [2.05, 4.69) is 215 Å². The average molecular weight is 1140 g/mol. The number of unbranched alkanes of at least 4 members (excludes halogenated alkanes) is 14. The highest BCUT2D eigenvalue weighted by molar-refractivity contribution is 5.71. The summed E-state index contributed by atoms with van der Waals surface area (Å²) >= 11 is 0. The Bertz CT molecular complexity index is 1990. The number of hydrogen-bond donors (Lipinski definition) is 0. The summed E-state index contributed by atoms with van der Waals surface area (Å²) < 4.78 is 16.9. The van der Waals surface area contributed by atoms with Crippen molar-refractivity contribution in [1.29, 1.82) is 0 Å². The zero-order valence-corrected chi connectivity index (χ0v) is 52.9. The van der Waals surface area contributed by atoms with Crippen LogP contribution >= 0.6 is 0 Å². The van der Waals surface area contributed by atoms with Gasteiger partial charge >= 0.3 is 17.9 Å². The van der Waals surface area contributed by atoms with Gasteiger partial charge < -0.3 is 14.2 Å². The first-order chi connectivity index (χ1) is 41.0. The van der Waals surface area contributed by atoms with Crippen LogP contribution in [0.5, 0.6) is 0 Å². The van der Waals surface area contributed by atoms with Crippen molar-refractivity contribution in [2.24, 2.45) is 0 Å². The molecule has 0 amide bonds. The highest BCUT2D eigenvalue weighted by atomic mass is 16.6. The highest BCUT2D eigenvalue weighted by Gasteiger charge is 2.19. The van der Waals surface area contributed by atoms with Crippen LogP contribution in [0.3, 0.4) is 0 Å². The van der Waals surface area contributed by atoms with E-state index in [1.54, 1.807) is 0 Å². The molecule has 0 heterocycles. The van der Waals surface area contributed by atoms with Gasteiger partial charge in [-0.15, -0.1) is 0 Å². The van der Waals surface area contributed by atoms with Crippen molar-refractivity contribution in [2.75, 3.05) is 13.2 Å². The summed E-state index contributed by atoms with van der Waals surface area (Å²) in [5, 5.41) is 0. The Morgan fingerprint density at radius 3 is 0.687 bits per heavy atom. The molecular weight excluding hydrogens is 1020 g/mol. The summed E-state index contributed by atoms with van der Waals surface area (Å²) in [4.78, 5) is 38.3. The fraction of sp³-hybridized carbons (Fsp3) is 0.545. The van der Waals surface area contributed by atoms with Gasteiger partial charge in [0.15, 0.2) is 6.10 Å². The lowest BCUT2D eigenvalue weighted by Crippen LogP contribution is -2.30. The van der Waals surface area contributed by atoms with Gasteiger partial charge in [-0.1, -0.05) is 267 Å². The van der Waals surface area contributed by atoms with Gasteiger partial charge in [-0.25, -0.2) is 0 Å². The number of allylic oxidation sites excluding steroid dienone is 32. The number of rotatable bonds is 57. The molecule has 0 saturated carbocycles. The van der Waals surface area contributed by atoms with E-state index in [9.17, 15) is 14.4 Å². The fourth-order valence-corrected chi connectivity index (χ4v) is 8.26. The molecule has 0 fully saturated rings. The standard InChI is InChI=1S/C77H118O6/c1-4-7-10-13-16-19-22-25-27-29-31-32-33-34-35-36-37-38-39-40-41-42-43-44-46-47-49-52-55-58-61-64-67-70-76(79)82-73-74(72-81-75(78)69-66-63-60-57-54-51-24-21-18-15-12-9-6-3)83-77(80)71-68-65-62-59-56-53-50-48-45-30-28-26-23-20-17-14-11-8-5-2/h7-12,16-21,25-28,31-32,34-35,37-38,40-41,43-45,48,51,53-54,56,74H,4-6,13-15,22-24,29-30,33,36,39,42,46-47,49-50,52,55,57-73H2,1-3H3/b10-7-,11-8-,12-9-,19-16-,20-17-,21-18-,27-25-,28-26-,32-31-,35-34-,38-37-,41-40-,44-43-,48-45-,54-51-,56-53-. The third-order valence-electron chi connectivity index (χ3n) is 13.1. The predicted molar refractivity (Wildman–Crippen MR) is 361 cm³/mol. The van der Waals surface area contributed by atoms with Gasteiger partial charge in [0.2, 0.25) is 0 Å². The van der Waals surface area contributed by atoms with Crippen LogP contribution in [0.2, 0.25) is 0 Å². The molecule has 0 radical (unpaired) electrons. The van der Waals surface area contributed by atoms with E-state index in [-0.39, 0.29) is 37.5 Å². The van der Waals surface area contributed by atoms with Crippen LogP contribution in [0.4, 0.5) is 0 Å². The maximum atomic E-state index is 12.9. The molecule has 83 heavy (non-hydrogen) atoms. The van der Waals surface area contributed by atoms with Crippen LogP contribution in [0.25, 0.3) is 0 Å². The quantitative estimate of drug-likeness (QED) is 0.0261. The normalized spacial score (nSPS) is 13.4. The smallest absolute Gasteiger partial charge is 0.306 e. The second-order valence-electron chi connectivity index (χ2n) is 20.9. The predicted octanol–water partition coefficient (Wildman–Crippen LogP) is 23.0. The number of esters is 3. The molecule has 1 atom stereocenters. The molecular formula is C77H118O6. The Morgan fingerprint density at radius 1 is 0.241 bits per heavy atom. The zero-order chi connectivity index (χ0) is 59.9. The Kier molecular flexibility index (Phi) is 64.0. The molecule has 0 aromatic carbocycles. The van der Waals surface area contributed by atoms with Crippen molar-refractivity contribution in [3.05, 3.63) is 194 Å². The van der Waals surface area contributed by atoms with Crippen molar-refractivity contribution >= 4 is 17.9 Å². The van der Waals surface area contributed by atoms with Gasteiger partial charge in [0.1, 0.15) is 13.2 Å². The Morgan fingerprint density at radius 2 is 0.434 bits per heavy atom. The molecule has 0 rings (SSSR count). The molecule has 1 unspecified atom stereocenters. The van der Waals surface area contributed by atoms with E-state index in [0.717, 1.165) is 173 Å². The Hall–Kier alpha value is -5.75. The van der Waals surface area contributed by atoms with E-state index in [1.807, 2.05) is 0 Å². The molecule has 0 aliphatic rings. The fourth-order valence-electron chi connectivity index (χ4n) is 8.26. The van der Waals surface area contributed by atoms with E-state index < -0.39 is 6.10 Å². The topological polar surface area (TPSA) is 78.9 Å². The molecule has 0 spiro atoms. The third-order valence-corrected chi connectivity index (χ3v) is 13.1. The van der Waals surface area contributed by atoms with E-state index in [0.29, 0.717) is 19.3 Å². The second kappa shape index (κ2) is 68.7. The summed E-state index contributed by atoms with van der Waals surface area (Å²) in [5.74, 6) is -0.994. The minimum atomic E-state index is -0.824. The third kappa shape index (κ3) is 66.9. The molecule has 462 valence electrons. The van der Waals surface area contributed by atoms with Gasteiger partial charge in [-0.2, -0.15) is 0 Å². The number of ether oxygens (including phenoxy) is 3. The summed E-state index contributed by atoms with van der Waals surface area (Å²) in [6.07, 6.45) is 104. The molecule has 0 saturated heterocycles. The summed E-state index contributed by atoms with van der Waals surface area (Å²) in [6.45, 7) is 6.22. The van der Waals surface area contributed by atoms with Crippen LogP contribution in [0, 0.1) is 0 Å². The lowest BCUT2D eigenvalue weighted by molar-refractivity contribution is -0.167. The maximum Gasteiger partial charge on any atom is 0.306 e. The minimum Gasteiger partial charge on any atom is -0.462 e. The molecule has 6 nitrogen and oxygen atoms in total. The van der Waals surface area contributed by atoms with Crippen molar-refractivity contribution in [1.82, 2.24) is 0 Å². The van der Waals surface area contributed by atoms with Crippen LogP contribution in [0.15, 0.2) is 194 Å². The van der Waals surface area contributed by atoms with Crippen molar-refractivity contribution in [3.63, 3.8) is 0 Å². The second-order valence-corrected chi connectivity index (χ2v) is 20.9. The van der Waals surface area contributed by atoms with E-state index in [1.165, 1.54) is 32.1 Å². The molecule has 0 aromatic rings. The first-order valence-corrected chi connectivity index (χ1v) is 32.9. The summed E-state index contributed by atoms with van der Waals surface area (Å²) in [5.41, 5.74) is 0. The Balaban J connectivity index is 4.39. The van der Waals surface area contributed by atoms with Gasteiger partial charge in [-0.3, -0.25) is 14.4 Å². The van der Waals surface area contributed by atoms with Crippen molar-refractivity contribution in [3.8, 4) is 0 Å². The van der Waals surface area contributed by atoms with Gasteiger partial charge in [0, 0.05) is 19.3 Å². The van der Waals surface area contributed by atoms with Gasteiger partial charge in [0.05, 0.1) is 0 Å². The minimum absolute atomic E-state index is 0.115. The van der Waals surface area contributed by atoms with Crippen LogP contribution < -0.4 is 0 Å². The first-order valence-electron chi connectivity index (χ1n) is 32.9. The molecule has 0 aromatic heterocycles. The lowest BCUT2D eigenvalue weighted by Gasteiger charge is -2.18. The molecule has 0 N–H and O–H groups in total. The van der Waals surface area contributed by atoms with Crippen LogP contribution in [-0.4, -0.2) is 37.2 Å². The first kappa shape index (κ1) is 77.2. The number of carbonyl (C=O) groups is 3. The van der Waals surface area contributed by atoms with Crippen LogP contribution in [-0.2, 0) is 28.6 Å². The zero-order valence-electron chi connectivity index (χ0n) is 52.9. The SMILES string of the molecule is CC/C=C\C/C=C\C/C=C\C/C=C\C/C=C\C/C=C\C/C=C\C/C=C\CCCCCCCCCCC(=O)OCC(COC(=O)CCCCC/C=C\C/C=C\C/C=C\CC)OC(=O)CCCCC/C=C\C/C=C\C/C=C\C/C=C\C/C=C\CC. The summed E-state index contributed by atoms with van der Waals surface area (Å²) in [6, 6.07) is 0. The molecule has 0 aliphatic carbocycles. The van der Waals surface area contributed by atoms with E-state index >= 15 is 0 Å². The molecule has 0 bridgehead atoms. The highest BCUT2D eigenvalue weighted by Crippen LogP contribution is 2.14. The maximum absolute atomic E-state index is 12.9. The Labute approximate surface area is 509 Å². The molecule has 0 aliphatic heterocycles. The van der Waals surface area contributed by atoms with Crippen molar-refractivity contribution in [2.45, 2.75) is 258 Å². The lowest BCUT2D eigenvalue weighted by atomic mass is 10.1. The van der Waals surface area contributed by atoms with Crippen molar-refractivity contribution < 1.29 is 28.6 Å². The van der Waals surface area contributed by atoms with Gasteiger partial charge in [0.25, 0.3) is 0 Å². The summed E-state index contributed by atoms with van der Waals surface area (Å²) in [7, 11) is 0. The average Bonchev–Trinajstić information content (AvgIpc) is 3.49. The number of carbonyl (C=O) groups excluding carboxylic acids is 3. The monoisotopic (exact) mass is 1140 g/mol.